The van der Waals surface area contributed by atoms with Gasteiger partial charge >= 0.3 is 0 Å². The average Bonchev–Trinajstić information content (AvgIpc) is 2.08. The number of hydrogen-bond acceptors (Lipinski definition) is 1. The summed E-state index contributed by atoms with van der Waals surface area (Å²) in [6, 6.07) is 5.81. The molecule has 2 N–H and O–H groups in total. The number of halogens is 1. The largest absolute Gasteiger partial charge is 0.369 e. The number of nitrogens with two attached hydrogens (primary N) is 1. The molecule has 0 aliphatic heterocycles. The molecule has 3 heteroatoms. The second-order valence-corrected chi connectivity index (χ2v) is 3.82. The summed E-state index contributed by atoms with van der Waals surface area (Å²) in [5.74, 6) is 5.23. The molecular formula is C11H10BrNO. The topological polar surface area (TPSA) is 43.1 Å². The van der Waals surface area contributed by atoms with E-state index >= 15 is 0 Å². The zero-order chi connectivity index (χ0) is 10.6. The van der Waals surface area contributed by atoms with Crippen LogP contribution in [0.4, 0.5) is 0 Å². The van der Waals surface area contributed by atoms with Crippen molar-refractivity contribution >= 4 is 21.8 Å². The van der Waals surface area contributed by atoms with E-state index in [0.717, 1.165) is 15.6 Å². The third kappa shape index (κ3) is 3.23. The van der Waals surface area contributed by atoms with Crippen molar-refractivity contribution in [3.8, 4) is 11.8 Å². The molecule has 0 unspecified atom stereocenters. The van der Waals surface area contributed by atoms with Crippen LogP contribution in [0.1, 0.15) is 17.5 Å². The van der Waals surface area contributed by atoms with Crippen LogP contribution >= 0.6 is 15.9 Å². The molecule has 0 atom stereocenters. The molecule has 1 amide bonds. The van der Waals surface area contributed by atoms with E-state index in [0.29, 0.717) is 0 Å². The molecular weight excluding hydrogens is 242 g/mol. The maximum Gasteiger partial charge on any atom is 0.229 e. The minimum Gasteiger partial charge on any atom is -0.369 e. The van der Waals surface area contributed by atoms with Crippen LogP contribution in [-0.2, 0) is 4.79 Å². The standard InChI is InChI=1S/C11H10BrNO/c1-8-7-10(12)6-5-9(8)3-2-4-11(13)14/h5-7H,4H2,1H3,(H2,13,14). The molecule has 0 saturated carbocycles. The summed E-state index contributed by atoms with van der Waals surface area (Å²) in [6.45, 7) is 1.97. The molecule has 2 nitrogen and oxygen atoms in total. The van der Waals surface area contributed by atoms with Crippen molar-refractivity contribution < 1.29 is 4.79 Å². The van der Waals surface area contributed by atoms with Crippen LogP contribution in [0.5, 0.6) is 0 Å². The van der Waals surface area contributed by atoms with Gasteiger partial charge in [0.25, 0.3) is 0 Å². The number of aryl methyl sites for hydroxylation is 1. The molecule has 14 heavy (non-hydrogen) atoms. The number of primary amides is 1. The molecule has 0 spiro atoms. The van der Waals surface area contributed by atoms with E-state index in [9.17, 15) is 4.79 Å². The third-order valence-electron chi connectivity index (χ3n) is 1.67. The Balaban J connectivity index is 2.85. The van der Waals surface area contributed by atoms with Gasteiger partial charge in [0.05, 0.1) is 6.42 Å². The van der Waals surface area contributed by atoms with E-state index in [1.54, 1.807) is 0 Å². The average molecular weight is 252 g/mol. The monoisotopic (exact) mass is 251 g/mol. The van der Waals surface area contributed by atoms with Crippen molar-refractivity contribution in [2.45, 2.75) is 13.3 Å². The Labute approximate surface area is 91.6 Å². The quantitative estimate of drug-likeness (QED) is 0.763. The van der Waals surface area contributed by atoms with Crippen molar-refractivity contribution in [1.82, 2.24) is 0 Å². The van der Waals surface area contributed by atoms with Crippen molar-refractivity contribution in [2.24, 2.45) is 5.73 Å². The highest BCUT2D eigenvalue weighted by atomic mass is 79.9. The van der Waals surface area contributed by atoms with Crippen molar-refractivity contribution in [3.05, 3.63) is 33.8 Å². The van der Waals surface area contributed by atoms with E-state index in [2.05, 4.69) is 27.8 Å². The summed E-state index contributed by atoms with van der Waals surface area (Å²) in [4.78, 5) is 10.4. The summed E-state index contributed by atoms with van der Waals surface area (Å²) in [5.41, 5.74) is 6.98. The molecule has 0 saturated heterocycles. The first-order chi connectivity index (χ1) is 6.59. The van der Waals surface area contributed by atoms with Crippen LogP contribution in [0.2, 0.25) is 0 Å². The fourth-order valence-electron chi connectivity index (χ4n) is 0.994. The first kappa shape index (κ1) is 10.8. The Morgan fingerprint density at radius 3 is 2.86 bits per heavy atom. The van der Waals surface area contributed by atoms with Gasteiger partial charge in [-0.25, -0.2) is 0 Å². The molecule has 72 valence electrons. The highest BCUT2D eigenvalue weighted by Crippen LogP contribution is 2.14. The SMILES string of the molecule is Cc1cc(Br)ccc1C#CCC(N)=O. The minimum atomic E-state index is -0.396. The van der Waals surface area contributed by atoms with Crippen LogP contribution in [0, 0.1) is 18.8 Å². The lowest BCUT2D eigenvalue weighted by atomic mass is 10.1. The van der Waals surface area contributed by atoms with Gasteiger partial charge in [-0.3, -0.25) is 4.79 Å². The van der Waals surface area contributed by atoms with Gasteiger partial charge in [0, 0.05) is 10.0 Å². The van der Waals surface area contributed by atoms with Crippen LogP contribution in [-0.4, -0.2) is 5.91 Å². The van der Waals surface area contributed by atoms with Crippen LogP contribution < -0.4 is 5.73 Å². The second kappa shape index (κ2) is 4.83. The molecule has 0 heterocycles. The maximum absolute atomic E-state index is 10.4. The Morgan fingerprint density at radius 1 is 1.57 bits per heavy atom. The molecule has 0 fully saturated rings. The number of carbonyl (C=O) groups excluding carboxylic acids is 1. The van der Waals surface area contributed by atoms with Gasteiger partial charge < -0.3 is 5.73 Å². The number of benzene rings is 1. The van der Waals surface area contributed by atoms with Gasteiger partial charge in [-0.05, 0) is 30.7 Å². The van der Waals surface area contributed by atoms with Gasteiger partial charge in [0.1, 0.15) is 0 Å². The fourth-order valence-corrected chi connectivity index (χ4v) is 1.47. The zero-order valence-corrected chi connectivity index (χ0v) is 9.39. The van der Waals surface area contributed by atoms with Gasteiger partial charge in [-0.1, -0.05) is 27.8 Å². The Morgan fingerprint density at radius 2 is 2.29 bits per heavy atom. The summed E-state index contributed by atoms with van der Waals surface area (Å²) in [5, 5.41) is 0. The number of rotatable bonds is 1. The van der Waals surface area contributed by atoms with E-state index in [-0.39, 0.29) is 6.42 Å². The molecule has 0 bridgehead atoms. The third-order valence-corrected chi connectivity index (χ3v) is 2.17. The Kier molecular flexibility index (Phi) is 3.73. The number of carbonyl (C=O) groups is 1. The van der Waals surface area contributed by atoms with Crippen molar-refractivity contribution in [2.75, 3.05) is 0 Å². The van der Waals surface area contributed by atoms with E-state index in [1.807, 2.05) is 25.1 Å². The van der Waals surface area contributed by atoms with Crippen LogP contribution in [0.25, 0.3) is 0 Å². The van der Waals surface area contributed by atoms with Gasteiger partial charge in [0.15, 0.2) is 0 Å². The minimum absolute atomic E-state index is 0.107. The summed E-state index contributed by atoms with van der Waals surface area (Å²) >= 11 is 3.37. The molecule has 0 aromatic heterocycles. The second-order valence-electron chi connectivity index (χ2n) is 2.90. The Bertz CT molecular complexity index is 415. The first-order valence-corrected chi connectivity index (χ1v) is 4.92. The molecule has 1 aromatic rings. The summed E-state index contributed by atoms with van der Waals surface area (Å²) < 4.78 is 1.02. The van der Waals surface area contributed by atoms with Crippen molar-refractivity contribution in [1.29, 1.82) is 0 Å². The van der Waals surface area contributed by atoms with Crippen LogP contribution in [0.3, 0.4) is 0 Å². The number of hydrogen-bond donors (Lipinski definition) is 1. The first-order valence-electron chi connectivity index (χ1n) is 4.13. The molecule has 0 aliphatic rings. The predicted octanol–water partition coefficient (Wildman–Crippen LogP) is 1.98. The number of amides is 1. The normalized spacial score (nSPS) is 9.00. The fraction of sp³-hybridized carbons (Fsp3) is 0.182. The Hall–Kier alpha value is -1.27. The van der Waals surface area contributed by atoms with Crippen molar-refractivity contribution in [3.63, 3.8) is 0 Å². The highest BCUT2D eigenvalue weighted by molar-refractivity contribution is 9.10. The molecule has 1 aromatic carbocycles. The smallest absolute Gasteiger partial charge is 0.229 e. The lowest BCUT2D eigenvalue weighted by Gasteiger charge is -1.97. The van der Waals surface area contributed by atoms with Gasteiger partial charge in [-0.2, -0.15) is 0 Å². The van der Waals surface area contributed by atoms with E-state index < -0.39 is 5.91 Å². The van der Waals surface area contributed by atoms with E-state index in [1.165, 1.54) is 0 Å². The zero-order valence-electron chi connectivity index (χ0n) is 7.80. The summed E-state index contributed by atoms with van der Waals surface area (Å²) in [6.07, 6.45) is 0.107. The molecule has 1 rings (SSSR count). The van der Waals surface area contributed by atoms with Gasteiger partial charge in [-0.15, -0.1) is 0 Å². The molecule has 0 radical (unpaired) electrons. The van der Waals surface area contributed by atoms with Gasteiger partial charge in [0.2, 0.25) is 5.91 Å². The molecule has 0 aliphatic carbocycles. The lowest BCUT2D eigenvalue weighted by Crippen LogP contribution is -2.08. The maximum atomic E-state index is 10.4. The lowest BCUT2D eigenvalue weighted by molar-refractivity contribution is -0.117. The van der Waals surface area contributed by atoms with Crippen LogP contribution in [0.15, 0.2) is 22.7 Å². The predicted molar refractivity (Wildman–Crippen MR) is 59.6 cm³/mol. The van der Waals surface area contributed by atoms with E-state index in [4.69, 9.17) is 5.73 Å². The summed E-state index contributed by atoms with van der Waals surface area (Å²) in [7, 11) is 0. The highest BCUT2D eigenvalue weighted by Gasteiger charge is 1.94.